The Morgan fingerprint density at radius 2 is 1.95 bits per heavy atom. The highest BCUT2D eigenvalue weighted by atomic mass is 79.9. The van der Waals surface area contributed by atoms with Gasteiger partial charge in [0.1, 0.15) is 4.99 Å². The normalized spacial score (nSPS) is 15.3. The van der Waals surface area contributed by atoms with Gasteiger partial charge in [-0.1, -0.05) is 28.1 Å². The van der Waals surface area contributed by atoms with Crippen LogP contribution in [0.5, 0.6) is 0 Å². The van der Waals surface area contributed by atoms with Gasteiger partial charge >= 0.3 is 0 Å². The third-order valence-electron chi connectivity index (χ3n) is 3.54. The van der Waals surface area contributed by atoms with Crippen LogP contribution in [0.2, 0.25) is 0 Å². The van der Waals surface area contributed by atoms with Crippen LogP contribution in [0.25, 0.3) is 0 Å². The molecule has 7 heteroatoms. The Labute approximate surface area is 141 Å². The first-order valence-corrected chi connectivity index (χ1v) is 8.72. The Hall–Kier alpha value is -1.18. The standard InChI is InChI=1S/C14H15BrN4S2/c15-10-1-2-11(13(16)20)12(9-10)18-4-6-19(7-5-18)14-17-3-8-21-14/h1-3,8-9H,4-7H2,(H2,16,20). The van der Waals surface area contributed by atoms with E-state index in [0.717, 1.165) is 47.0 Å². The number of hydrogen-bond donors (Lipinski definition) is 1. The Balaban J connectivity index is 1.78. The van der Waals surface area contributed by atoms with E-state index in [0.29, 0.717) is 4.99 Å². The number of piperazine rings is 1. The van der Waals surface area contributed by atoms with Crippen LogP contribution in [-0.2, 0) is 0 Å². The molecule has 110 valence electrons. The van der Waals surface area contributed by atoms with Gasteiger partial charge in [0.15, 0.2) is 5.13 Å². The molecule has 0 radical (unpaired) electrons. The number of aromatic nitrogens is 1. The number of nitrogens with zero attached hydrogens (tertiary/aromatic N) is 3. The van der Waals surface area contributed by atoms with Gasteiger partial charge in [-0.3, -0.25) is 0 Å². The van der Waals surface area contributed by atoms with Crippen molar-refractivity contribution in [1.82, 2.24) is 4.98 Å². The molecule has 2 heterocycles. The van der Waals surface area contributed by atoms with E-state index in [9.17, 15) is 0 Å². The van der Waals surface area contributed by atoms with E-state index >= 15 is 0 Å². The molecule has 3 rings (SSSR count). The molecule has 0 atom stereocenters. The molecular weight excluding hydrogens is 368 g/mol. The average molecular weight is 383 g/mol. The minimum absolute atomic E-state index is 0.444. The first-order valence-electron chi connectivity index (χ1n) is 6.64. The summed E-state index contributed by atoms with van der Waals surface area (Å²) in [4.78, 5) is 9.48. The molecule has 1 aromatic carbocycles. The second kappa shape index (κ2) is 6.29. The van der Waals surface area contributed by atoms with Gasteiger partial charge in [0.05, 0.1) is 0 Å². The summed E-state index contributed by atoms with van der Waals surface area (Å²) >= 11 is 10.4. The van der Waals surface area contributed by atoms with Crippen molar-refractivity contribution < 1.29 is 0 Å². The van der Waals surface area contributed by atoms with Crippen LogP contribution in [0.1, 0.15) is 5.56 Å². The van der Waals surface area contributed by atoms with Gasteiger partial charge in [-0.2, -0.15) is 0 Å². The molecule has 1 aliphatic rings. The highest BCUT2D eigenvalue weighted by Crippen LogP contribution is 2.27. The quantitative estimate of drug-likeness (QED) is 0.826. The lowest BCUT2D eigenvalue weighted by molar-refractivity contribution is 0.652. The molecule has 4 nitrogen and oxygen atoms in total. The molecule has 1 aromatic heterocycles. The van der Waals surface area contributed by atoms with Crippen molar-refractivity contribution in [2.45, 2.75) is 0 Å². The van der Waals surface area contributed by atoms with E-state index in [1.165, 1.54) is 0 Å². The van der Waals surface area contributed by atoms with Gasteiger partial charge in [-0.15, -0.1) is 11.3 Å². The van der Waals surface area contributed by atoms with Gasteiger partial charge in [0.2, 0.25) is 0 Å². The maximum absolute atomic E-state index is 5.85. The zero-order valence-corrected chi connectivity index (χ0v) is 14.5. The summed E-state index contributed by atoms with van der Waals surface area (Å²) in [7, 11) is 0. The Bertz CT molecular complexity index is 636. The maximum atomic E-state index is 5.85. The van der Waals surface area contributed by atoms with E-state index in [-0.39, 0.29) is 0 Å². The van der Waals surface area contributed by atoms with Crippen LogP contribution < -0.4 is 15.5 Å². The fraction of sp³-hybridized carbons (Fsp3) is 0.286. The number of thiazole rings is 1. The Kier molecular flexibility index (Phi) is 4.42. The number of nitrogens with two attached hydrogens (primary N) is 1. The SMILES string of the molecule is NC(=S)c1ccc(Br)cc1N1CCN(c2nccs2)CC1. The molecule has 0 unspecified atom stereocenters. The number of thiocarbonyl (C=S) groups is 1. The van der Waals surface area contributed by atoms with E-state index < -0.39 is 0 Å². The van der Waals surface area contributed by atoms with Crippen LogP contribution in [0.3, 0.4) is 0 Å². The number of benzene rings is 1. The number of anilines is 2. The highest BCUT2D eigenvalue weighted by molar-refractivity contribution is 9.10. The lowest BCUT2D eigenvalue weighted by atomic mass is 10.1. The average Bonchev–Trinajstić information content (AvgIpc) is 3.01. The van der Waals surface area contributed by atoms with Crippen LogP contribution >= 0.6 is 39.5 Å². The molecule has 21 heavy (non-hydrogen) atoms. The van der Waals surface area contributed by atoms with Crippen molar-refractivity contribution in [3.63, 3.8) is 0 Å². The van der Waals surface area contributed by atoms with Crippen molar-refractivity contribution in [2.75, 3.05) is 36.0 Å². The van der Waals surface area contributed by atoms with Crippen molar-refractivity contribution in [3.05, 3.63) is 39.8 Å². The van der Waals surface area contributed by atoms with E-state index in [1.54, 1.807) is 11.3 Å². The lowest BCUT2D eigenvalue weighted by Gasteiger charge is -2.36. The predicted octanol–water partition coefficient (Wildman–Crippen LogP) is 2.87. The number of halogens is 1. The number of rotatable bonds is 3. The van der Waals surface area contributed by atoms with E-state index in [2.05, 4.69) is 36.8 Å². The molecular formula is C14H15BrN4S2. The molecule has 0 spiro atoms. The highest BCUT2D eigenvalue weighted by Gasteiger charge is 2.21. The molecule has 0 bridgehead atoms. The van der Waals surface area contributed by atoms with Crippen molar-refractivity contribution in [1.29, 1.82) is 0 Å². The van der Waals surface area contributed by atoms with Gasteiger partial charge in [-0.25, -0.2) is 4.98 Å². The molecule has 1 saturated heterocycles. The van der Waals surface area contributed by atoms with Gasteiger partial charge in [0.25, 0.3) is 0 Å². The zero-order valence-electron chi connectivity index (χ0n) is 11.3. The van der Waals surface area contributed by atoms with Crippen LogP contribution in [0.15, 0.2) is 34.2 Å². The number of hydrogen-bond acceptors (Lipinski definition) is 5. The zero-order chi connectivity index (χ0) is 14.8. The second-order valence-corrected chi connectivity index (χ2v) is 7.04. The van der Waals surface area contributed by atoms with Gasteiger partial charge in [0, 0.05) is 53.5 Å². The fourth-order valence-electron chi connectivity index (χ4n) is 2.49. The molecule has 0 saturated carbocycles. The lowest BCUT2D eigenvalue weighted by Crippen LogP contribution is -2.47. The van der Waals surface area contributed by atoms with Crippen molar-refractivity contribution in [3.8, 4) is 0 Å². The van der Waals surface area contributed by atoms with Gasteiger partial charge in [-0.05, 0) is 18.2 Å². The summed E-state index contributed by atoms with van der Waals surface area (Å²) < 4.78 is 1.04. The largest absolute Gasteiger partial charge is 0.389 e. The summed E-state index contributed by atoms with van der Waals surface area (Å²) in [6, 6.07) is 6.05. The minimum Gasteiger partial charge on any atom is -0.389 e. The summed E-state index contributed by atoms with van der Waals surface area (Å²) in [6.45, 7) is 3.78. The minimum atomic E-state index is 0.444. The van der Waals surface area contributed by atoms with Crippen LogP contribution in [-0.4, -0.2) is 36.2 Å². The first kappa shape index (κ1) is 14.7. The van der Waals surface area contributed by atoms with Crippen molar-refractivity contribution >= 4 is 55.3 Å². The maximum Gasteiger partial charge on any atom is 0.185 e. The Morgan fingerprint density at radius 1 is 1.24 bits per heavy atom. The summed E-state index contributed by atoms with van der Waals surface area (Å²) in [6.07, 6.45) is 1.85. The molecule has 0 aliphatic carbocycles. The van der Waals surface area contributed by atoms with Crippen molar-refractivity contribution in [2.24, 2.45) is 5.73 Å². The molecule has 2 N–H and O–H groups in total. The first-order chi connectivity index (χ1) is 10.1. The van der Waals surface area contributed by atoms with Crippen LogP contribution in [0.4, 0.5) is 10.8 Å². The molecule has 0 amide bonds. The monoisotopic (exact) mass is 382 g/mol. The third-order valence-corrected chi connectivity index (χ3v) is 5.08. The summed E-state index contributed by atoms with van der Waals surface area (Å²) in [5.41, 5.74) is 7.89. The third kappa shape index (κ3) is 3.20. The van der Waals surface area contributed by atoms with E-state index in [4.69, 9.17) is 18.0 Å². The predicted molar refractivity (Wildman–Crippen MR) is 96.6 cm³/mol. The second-order valence-electron chi connectivity index (χ2n) is 4.81. The smallest absolute Gasteiger partial charge is 0.185 e. The summed E-state index contributed by atoms with van der Waals surface area (Å²) in [5.74, 6) is 0. The van der Waals surface area contributed by atoms with Crippen LogP contribution in [0, 0.1) is 0 Å². The fourth-order valence-corrected chi connectivity index (χ4v) is 3.70. The van der Waals surface area contributed by atoms with E-state index in [1.807, 2.05) is 23.7 Å². The van der Waals surface area contributed by atoms with Gasteiger partial charge < -0.3 is 15.5 Å². The Morgan fingerprint density at radius 3 is 2.57 bits per heavy atom. The molecule has 2 aromatic rings. The topological polar surface area (TPSA) is 45.4 Å². The molecule has 1 fully saturated rings. The molecule has 1 aliphatic heterocycles. The summed E-state index contributed by atoms with van der Waals surface area (Å²) in [5, 5.41) is 3.11.